The van der Waals surface area contributed by atoms with Gasteiger partial charge in [-0.2, -0.15) is 0 Å². The number of nitrogens with two attached hydrogens (primary N) is 1. The van der Waals surface area contributed by atoms with Crippen molar-refractivity contribution >= 4 is 5.69 Å². The highest BCUT2D eigenvalue weighted by Gasteiger charge is 2.22. The van der Waals surface area contributed by atoms with Gasteiger partial charge in [-0.3, -0.25) is 4.98 Å². The summed E-state index contributed by atoms with van der Waals surface area (Å²) >= 11 is 0. The molecule has 1 aliphatic heterocycles. The van der Waals surface area contributed by atoms with Gasteiger partial charge in [-0.15, -0.1) is 0 Å². The normalized spacial score (nSPS) is 20.3. The standard InChI is InChI=1S/C15H25N3O/c1-3-14(16)15-5-4-13(10-17-15)18-8-6-12(7-9-18)11(2)19/h4-5,10-12,14,19H,3,6-9,16H2,1-2H3/t11?,14-/m1/s1. The summed E-state index contributed by atoms with van der Waals surface area (Å²) in [4.78, 5) is 6.80. The summed E-state index contributed by atoms with van der Waals surface area (Å²) in [6.07, 6.45) is 4.74. The molecule has 1 aliphatic rings. The summed E-state index contributed by atoms with van der Waals surface area (Å²) in [5.41, 5.74) is 8.10. The van der Waals surface area contributed by atoms with Crippen molar-refractivity contribution in [1.82, 2.24) is 4.98 Å². The molecule has 1 saturated heterocycles. The van der Waals surface area contributed by atoms with Crippen LogP contribution in [0.3, 0.4) is 0 Å². The first kappa shape index (κ1) is 14.3. The SMILES string of the molecule is CC[C@@H](N)c1ccc(N2CCC(C(C)O)CC2)cn1. The molecule has 0 aromatic carbocycles. The van der Waals surface area contributed by atoms with E-state index in [0.29, 0.717) is 5.92 Å². The second-order valence-corrected chi connectivity index (χ2v) is 5.52. The highest BCUT2D eigenvalue weighted by molar-refractivity contribution is 5.45. The molecule has 2 heterocycles. The lowest BCUT2D eigenvalue weighted by molar-refractivity contribution is 0.110. The Balaban J connectivity index is 1.96. The van der Waals surface area contributed by atoms with Crippen LogP contribution >= 0.6 is 0 Å². The Morgan fingerprint density at radius 1 is 1.42 bits per heavy atom. The predicted molar refractivity (Wildman–Crippen MR) is 78.1 cm³/mol. The second kappa shape index (κ2) is 6.35. The van der Waals surface area contributed by atoms with Gasteiger partial charge in [0.2, 0.25) is 0 Å². The van der Waals surface area contributed by atoms with Gasteiger partial charge in [0.1, 0.15) is 0 Å². The lowest BCUT2D eigenvalue weighted by atomic mass is 9.92. The molecule has 1 unspecified atom stereocenters. The van der Waals surface area contributed by atoms with Crippen molar-refractivity contribution in [3.8, 4) is 0 Å². The summed E-state index contributed by atoms with van der Waals surface area (Å²) in [5.74, 6) is 0.442. The van der Waals surface area contributed by atoms with Crippen LogP contribution in [0.5, 0.6) is 0 Å². The summed E-state index contributed by atoms with van der Waals surface area (Å²) in [7, 11) is 0. The van der Waals surface area contributed by atoms with Crippen LogP contribution in [0.4, 0.5) is 5.69 Å². The molecule has 0 amide bonds. The van der Waals surface area contributed by atoms with Crippen molar-refractivity contribution in [3.05, 3.63) is 24.0 Å². The Kier molecular flexibility index (Phi) is 4.77. The number of nitrogens with zero attached hydrogens (tertiary/aromatic N) is 2. The van der Waals surface area contributed by atoms with Gasteiger partial charge in [0, 0.05) is 19.1 Å². The van der Waals surface area contributed by atoms with Crippen molar-refractivity contribution in [2.45, 2.75) is 45.3 Å². The van der Waals surface area contributed by atoms with Gasteiger partial charge in [0.25, 0.3) is 0 Å². The number of pyridine rings is 1. The number of aliphatic hydroxyl groups excluding tert-OH is 1. The molecule has 1 aromatic rings. The molecule has 4 heteroatoms. The maximum absolute atomic E-state index is 9.61. The average molecular weight is 263 g/mol. The van der Waals surface area contributed by atoms with Crippen molar-refractivity contribution < 1.29 is 5.11 Å². The first-order valence-corrected chi connectivity index (χ1v) is 7.26. The lowest BCUT2D eigenvalue weighted by Gasteiger charge is -2.34. The van der Waals surface area contributed by atoms with Gasteiger partial charge in [0.15, 0.2) is 0 Å². The number of aromatic nitrogens is 1. The Bertz CT molecular complexity index is 383. The van der Waals surface area contributed by atoms with E-state index in [2.05, 4.69) is 22.9 Å². The van der Waals surface area contributed by atoms with E-state index < -0.39 is 0 Å². The molecule has 1 aromatic heterocycles. The number of aliphatic hydroxyl groups is 1. The minimum absolute atomic E-state index is 0.0371. The molecule has 1 fully saturated rings. The van der Waals surface area contributed by atoms with E-state index in [0.717, 1.165) is 43.7 Å². The maximum atomic E-state index is 9.61. The molecule has 0 spiro atoms. The highest BCUT2D eigenvalue weighted by Crippen LogP contribution is 2.25. The number of rotatable bonds is 4. The van der Waals surface area contributed by atoms with Crippen molar-refractivity contribution in [3.63, 3.8) is 0 Å². The molecule has 2 atom stereocenters. The van der Waals surface area contributed by atoms with Gasteiger partial charge < -0.3 is 15.7 Å². The molecule has 3 N–H and O–H groups in total. The lowest BCUT2D eigenvalue weighted by Crippen LogP contribution is -2.37. The van der Waals surface area contributed by atoms with Crippen LogP contribution in [0.2, 0.25) is 0 Å². The zero-order valence-corrected chi connectivity index (χ0v) is 11.9. The molecule has 106 valence electrons. The molecule has 19 heavy (non-hydrogen) atoms. The zero-order valence-electron chi connectivity index (χ0n) is 11.9. The van der Waals surface area contributed by atoms with E-state index in [4.69, 9.17) is 5.73 Å². The quantitative estimate of drug-likeness (QED) is 0.873. The Hall–Kier alpha value is -1.13. The topological polar surface area (TPSA) is 62.4 Å². The average Bonchev–Trinajstić information content (AvgIpc) is 2.46. The van der Waals surface area contributed by atoms with Gasteiger partial charge >= 0.3 is 0 Å². The smallest absolute Gasteiger partial charge is 0.0572 e. The third kappa shape index (κ3) is 3.45. The Labute approximate surface area is 115 Å². The van der Waals surface area contributed by atoms with E-state index in [9.17, 15) is 5.11 Å². The molecule has 0 bridgehead atoms. The summed E-state index contributed by atoms with van der Waals surface area (Å²) in [6, 6.07) is 4.18. The molecule has 0 radical (unpaired) electrons. The fourth-order valence-corrected chi connectivity index (χ4v) is 2.65. The van der Waals surface area contributed by atoms with Crippen molar-refractivity contribution in [1.29, 1.82) is 0 Å². The first-order chi connectivity index (χ1) is 9.11. The number of hydrogen-bond donors (Lipinski definition) is 2. The van der Waals surface area contributed by atoms with E-state index >= 15 is 0 Å². The summed E-state index contributed by atoms with van der Waals surface area (Å²) in [5, 5.41) is 9.61. The number of hydrogen-bond acceptors (Lipinski definition) is 4. The fourth-order valence-electron chi connectivity index (χ4n) is 2.65. The van der Waals surface area contributed by atoms with Gasteiger partial charge in [-0.1, -0.05) is 6.92 Å². The van der Waals surface area contributed by atoms with Crippen LogP contribution in [0, 0.1) is 5.92 Å². The van der Waals surface area contributed by atoms with Crippen LogP contribution in [0.25, 0.3) is 0 Å². The van der Waals surface area contributed by atoms with E-state index in [-0.39, 0.29) is 12.1 Å². The molecule has 2 rings (SSSR count). The Morgan fingerprint density at radius 2 is 2.11 bits per heavy atom. The largest absolute Gasteiger partial charge is 0.393 e. The van der Waals surface area contributed by atoms with Crippen molar-refractivity contribution in [2.75, 3.05) is 18.0 Å². The van der Waals surface area contributed by atoms with Crippen LogP contribution < -0.4 is 10.6 Å². The monoisotopic (exact) mass is 263 g/mol. The van der Waals surface area contributed by atoms with E-state index in [1.165, 1.54) is 0 Å². The third-order valence-corrected chi connectivity index (χ3v) is 4.18. The van der Waals surface area contributed by atoms with Crippen molar-refractivity contribution in [2.24, 2.45) is 11.7 Å². The van der Waals surface area contributed by atoms with Crippen LogP contribution in [0.1, 0.15) is 44.8 Å². The van der Waals surface area contributed by atoms with Gasteiger partial charge in [-0.25, -0.2) is 0 Å². The fraction of sp³-hybridized carbons (Fsp3) is 0.667. The predicted octanol–water partition coefficient (Wildman–Crippen LogP) is 2.09. The van der Waals surface area contributed by atoms with Crippen LogP contribution in [-0.4, -0.2) is 29.3 Å². The number of anilines is 1. The molecular formula is C15H25N3O. The van der Waals surface area contributed by atoms with Crippen LogP contribution in [-0.2, 0) is 0 Å². The van der Waals surface area contributed by atoms with Gasteiger partial charge in [-0.05, 0) is 44.2 Å². The second-order valence-electron chi connectivity index (χ2n) is 5.52. The molecular weight excluding hydrogens is 238 g/mol. The third-order valence-electron chi connectivity index (χ3n) is 4.18. The maximum Gasteiger partial charge on any atom is 0.0572 e. The molecule has 4 nitrogen and oxygen atoms in total. The highest BCUT2D eigenvalue weighted by atomic mass is 16.3. The Morgan fingerprint density at radius 3 is 2.58 bits per heavy atom. The zero-order chi connectivity index (χ0) is 13.8. The van der Waals surface area contributed by atoms with Crippen LogP contribution in [0.15, 0.2) is 18.3 Å². The molecule has 0 saturated carbocycles. The first-order valence-electron chi connectivity index (χ1n) is 7.26. The molecule has 0 aliphatic carbocycles. The summed E-state index contributed by atoms with van der Waals surface area (Å²) < 4.78 is 0. The summed E-state index contributed by atoms with van der Waals surface area (Å²) in [6.45, 7) is 5.96. The van der Waals surface area contributed by atoms with E-state index in [1.807, 2.05) is 19.2 Å². The minimum Gasteiger partial charge on any atom is -0.393 e. The van der Waals surface area contributed by atoms with Gasteiger partial charge in [0.05, 0.1) is 23.7 Å². The number of piperidine rings is 1. The van der Waals surface area contributed by atoms with E-state index in [1.54, 1.807) is 0 Å². The minimum atomic E-state index is -0.190.